The highest BCUT2D eigenvalue weighted by atomic mass is 16.3. The molecule has 2 atom stereocenters. The SMILES string of the molecule is CCC1C(n2c3ccc(-n4c5ccccc5c5ccccc54)cc3c3c4ccccc4ccc32)=Nc2ccccc2C1c1cccc2c1oc1ccccc12. The molecule has 0 saturated carbocycles. The second-order valence-corrected chi connectivity index (χ2v) is 14.9. The van der Waals surface area contributed by atoms with E-state index < -0.39 is 0 Å². The average Bonchev–Trinajstić information content (AvgIpc) is 3.90. The number of furan rings is 1. The minimum Gasteiger partial charge on any atom is -0.456 e. The minimum atomic E-state index is 0.0443. The maximum atomic E-state index is 6.72. The predicted molar refractivity (Wildman–Crippen MR) is 230 cm³/mol. The maximum absolute atomic E-state index is 6.72. The number of fused-ring (bicyclic) bond motifs is 12. The lowest BCUT2D eigenvalue weighted by molar-refractivity contribution is 0.558. The van der Waals surface area contributed by atoms with Crippen molar-refractivity contribution in [2.24, 2.45) is 10.9 Å². The van der Waals surface area contributed by atoms with Gasteiger partial charge in [-0.25, -0.2) is 4.99 Å². The van der Waals surface area contributed by atoms with Crippen LogP contribution < -0.4 is 0 Å². The first-order valence-corrected chi connectivity index (χ1v) is 19.3. The molecule has 0 radical (unpaired) electrons. The van der Waals surface area contributed by atoms with Gasteiger partial charge in [0.05, 0.1) is 27.8 Å². The summed E-state index contributed by atoms with van der Waals surface area (Å²) in [5, 5.41) is 9.78. The summed E-state index contributed by atoms with van der Waals surface area (Å²) in [5.74, 6) is 1.19. The van der Waals surface area contributed by atoms with Crippen molar-refractivity contribution < 1.29 is 4.42 Å². The Balaban J connectivity index is 1.15. The highest BCUT2D eigenvalue weighted by molar-refractivity contribution is 6.24. The zero-order valence-electron chi connectivity index (χ0n) is 30.3. The van der Waals surface area contributed by atoms with Gasteiger partial charge in [-0.3, -0.25) is 4.57 Å². The largest absolute Gasteiger partial charge is 0.456 e. The summed E-state index contributed by atoms with van der Waals surface area (Å²) in [5.41, 5.74) is 11.2. The Bertz CT molecular complexity index is 3340. The average molecular weight is 706 g/mol. The third kappa shape index (κ3) is 4.25. The Kier molecular flexibility index (Phi) is 6.41. The second-order valence-electron chi connectivity index (χ2n) is 14.9. The van der Waals surface area contributed by atoms with Crippen LogP contribution in [0.15, 0.2) is 179 Å². The zero-order chi connectivity index (χ0) is 36.2. The monoisotopic (exact) mass is 705 g/mol. The van der Waals surface area contributed by atoms with Crippen LogP contribution in [0.4, 0.5) is 5.69 Å². The van der Waals surface area contributed by atoms with Crippen molar-refractivity contribution in [3.8, 4) is 5.69 Å². The Hall–Kier alpha value is -6.91. The predicted octanol–water partition coefficient (Wildman–Crippen LogP) is 13.7. The van der Waals surface area contributed by atoms with Gasteiger partial charge < -0.3 is 8.98 Å². The molecule has 4 nitrogen and oxygen atoms in total. The fourth-order valence-electron chi connectivity index (χ4n) is 9.82. The number of rotatable bonds is 3. The van der Waals surface area contributed by atoms with E-state index in [2.05, 4.69) is 186 Å². The topological polar surface area (TPSA) is 35.4 Å². The Morgan fingerprint density at radius 1 is 0.509 bits per heavy atom. The molecule has 0 bridgehead atoms. The van der Waals surface area contributed by atoms with Gasteiger partial charge >= 0.3 is 0 Å². The third-order valence-electron chi connectivity index (χ3n) is 12.2. The van der Waals surface area contributed by atoms with Crippen LogP contribution >= 0.6 is 0 Å². The van der Waals surface area contributed by atoms with E-state index in [0.29, 0.717) is 0 Å². The number of aliphatic imine (C=N–C) groups is 1. The van der Waals surface area contributed by atoms with E-state index in [4.69, 9.17) is 9.41 Å². The molecule has 0 spiro atoms. The zero-order valence-corrected chi connectivity index (χ0v) is 30.3. The summed E-state index contributed by atoms with van der Waals surface area (Å²) in [6, 6.07) is 61.7. The van der Waals surface area contributed by atoms with Crippen molar-refractivity contribution in [3.05, 3.63) is 181 Å². The van der Waals surface area contributed by atoms with Crippen LogP contribution in [-0.2, 0) is 0 Å². The molecule has 0 amide bonds. The first-order valence-electron chi connectivity index (χ1n) is 19.3. The molecule has 11 aromatic rings. The van der Waals surface area contributed by atoms with E-state index in [1.165, 1.54) is 60.0 Å². The second kappa shape index (κ2) is 11.5. The van der Waals surface area contributed by atoms with Gasteiger partial charge in [-0.05, 0) is 71.3 Å². The van der Waals surface area contributed by atoms with Crippen LogP contribution in [-0.4, -0.2) is 15.0 Å². The first-order chi connectivity index (χ1) is 27.3. The lowest BCUT2D eigenvalue weighted by Gasteiger charge is -2.34. The third-order valence-corrected chi connectivity index (χ3v) is 12.2. The van der Waals surface area contributed by atoms with Crippen molar-refractivity contribution >= 4 is 87.8 Å². The highest BCUT2D eigenvalue weighted by Crippen LogP contribution is 2.49. The summed E-state index contributed by atoms with van der Waals surface area (Å²) in [7, 11) is 0. The molecular formula is C51H35N3O. The molecule has 0 N–H and O–H groups in total. The Morgan fingerprint density at radius 3 is 1.96 bits per heavy atom. The molecule has 0 aliphatic carbocycles. The van der Waals surface area contributed by atoms with Gasteiger partial charge in [0.1, 0.15) is 17.0 Å². The first kappa shape index (κ1) is 30.5. The molecular weight excluding hydrogens is 671 g/mol. The van der Waals surface area contributed by atoms with E-state index in [9.17, 15) is 0 Å². The van der Waals surface area contributed by atoms with E-state index in [1.54, 1.807) is 0 Å². The van der Waals surface area contributed by atoms with Crippen LogP contribution in [0.5, 0.6) is 0 Å². The molecule has 55 heavy (non-hydrogen) atoms. The summed E-state index contributed by atoms with van der Waals surface area (Å²) < 4.78 is 11.6. The van der Waals surface area contributed by atoms with E-state index in [-0.39, 0.29) is 11.8 Å². The molecule has 260 valence electrons. The molecule has 4 heteroatoms. The van der Waals surface area contributed by atoms with Crippen LogP contribution in [0.3, 0.4) is 0 Å². The number of nitrogens with zero attached hydrogens (tertiary/aromatic N) is 3. The molecule has 3 aromatic heterocycles. The van der Waals surface area contributed by atoms with Gasteiger partial charge in [0.2, 0.25) is 0 Å². The summed E-state index contributed by atoms with van der Waals surface area (Å²) >= 11 is 0. The van der Waals surface area contributed by atoms with Gasteiger partial charge in [0.15, 0.2) is 0 Å². The molecule has 4 heterocycles. The highest BCUT2D eigenvalue weighted by Gasteiger charge is 2.37. The fourth-order valence-corrected chi connectivity index (χ4v) is 9.82. The smallest absolute Gasteiger partial charge is 0.139 e. The molecule has 1 aliphatic rings. The van der Waals surface area contributed by atoms with Crippen molar-refractivity contribution in [3.63, 3.8) is 0 Å². The quantitative estimate of drug-likeness (QED) is 0.180. The molecule has 0 fully saturated rings. The normalized spacial score (nSPS) is 15.9. The number of benzene rings is 8. The van der Waals surface area contributed by atoms with E-state index in [1.807, 2.05) is 0 Å². The van der Waals surface area contributed by atoms with Gasteiger partial charge in [-0.2, -0.15) is 0 Å². The van der Waals surface area contributed by atoms with Crippen molar-refractivity contribution in [2.45, 2.75) is 19.3 Å². The van der Waals surface area contributed by atoms with Crippen LogP contribution in [0.2, 0.25) is 0 Å². The van der Waals surface area contributed by atoms with E-state index in [0.717, 1.165) is 51.1 Å². The van der Waals surface area contributed by atoms with Crippen molar-refractivity contribution in [1.29, 1.82) is 0 Å². The lowest BCUT2D eigenvalue weighted by atomic mass is 9.75. The Labute approximate surface area is 317 Å². The number of aromatic nitrogens is 2. The van der Waals surface area contributed by atoms with Crippen LogP contribution in [0, 0.1) is 5.92 Å². The summed E-state index contributed by atoms with van der Waals surface area (Å²) in [6.45, 7) is 2.31. The summed E-state index contributed by atoms with van der Waals surface area (Å²) in [4.78, 5) is 5.62. The van der Waals surface area contributed by atoms with Gasteiger partial charge in [0, 0.05) is 55.4 Å². The molecule has 1 aliphatic heterocycles. The minimum absolute atomic E-state index is 0.0443. The summed E-state index contributed by atoms with van der Waals surface area (Å²) in [6.07, 6.45) is 0.905. The maximum Gasteiger partial charge on any atom is 0.139 e. The lowest BCUT2D eigenvalue weighted by Crippen LogP contribution is -2.31. The molecule has 12 rings (SSSR count). The molecule has 8 aromatic carbocycles. The van der Waals surface area contributed by atoms with E-state index >= 15 is 0 Å². The fraction of sp³-hybridized carbons (Fsp3) is 0.0784. The standard InChI is InChI=1S/C51H35N3O/c1-2-33-48(40-21-13-20-38-37-18-8-12-25-47(37)55-50(38)40)39-19-5-9-22-42(39)52-51(33)54-45-29-27-32(30-41(45)49-34-15-4-3-14-31(34)26-28-46(49)54)53-43-23-10-6-16-35(43)36-17-7-11-24-44(36)53/h3-30,33,48H,2H2,1H3. The number of hydrogen-bond acceptors (Lipinski definition) is 2. The number of para-hydroxylation sites is 5. The van der Waals surface area contributed by atoms with Crippen molar-refractivity contribution in [1.82, 2.24) is 9.13 Å². The molecule has 2 unspecified atom stereocenters. The van der Waals surface area contributed by atoms with Crippen LogP contribution in [0.1, 0.15) is 30.4 Å². The van der Waals surface area contributed by atoms with Crippen LogP contribution in [0.25, 0.3) is 82.0 Å². The van der Waals surface area contributed by atoms with Gasteiger partial charge in [-0.1, -0.05) is 128 Å². The molecule has 0 saturated heterocycles. The van der Waals surface area contributed by atoms with Crippen molar-refractivity contribution in [2.75, 3.05) is 0 Å². The van der Waals surface area contributed by atoms with Gasteiger partial charge in [-0.15, -0.1) is 0 Å². The number of hydrogen-bond donors (Lipinski definition) is 0. The van der Waals surface area contributed by atoms with Gasteiger partial charge in [0.25, 0.3) is 0 Å². The Morgan fingerprint density at radius 2 is 1.15 bits per heavy atom.